The van der Waals surface area contributed by atoms with Crippen molar-refractivity contribution in [1.29, 1.82) is 0 Å². The molecule has 3 amide bonds. The molecule has 2 aliphatic rings. The van der Waals surface area contributed by atoms with Crippen LogP contribution < -0.4 is 20.3 Å². The number of nitrogens with zero attached hydrogens (tertiary/aromatic N) is 1. The number of hydrogen-bond donors (Lipinski definition) is 2. The lowest BCUT2D eigenvalue weighted by molar-refractivity contribution is -0.125. The van der Waals surface area contributed by atoms with Crippen molar-refractivity contribution in [3.63, 3.8) is 0 Å². The average Bonchev–Trinajstić information content (AvgIpc) is 3.04. The molecule has 0 radical (unpaired) electrons. The van der Waals surface area contributed by atoms with Crippen LogP contribution in [0.5, 0.6) is 5.75 Å². The van der Waals surface area contributed by atoms with E-state index in [0.29, 0.717) is 18.3 Å². The van der Waals surface area contributed by atoms with Gasteiger partial charge in [-0.2, -0.15) is 0 Å². The van der Waals surface area contributed by atoms with Crippen molar-refractivity contribution < 1.29 is 14.3 Å². The van der Waals surface area contributed by atoms with E-state index in [0.717, 1.165) is 24.1 Å². The van der Waals surface area contributed by atoms with E-state index in [1.165, 1.54) is 12.8 Å². The fourth-order valence-corrected chi connectivity index (χ4v) is 3.16. The topological polar surface area (TPSA) is 70.7 Å². The van der Waals surface area contributed by atoms with Crippen molar-refractivity contribution in [3.05, 3.63) is 23.8 Å². The first-order valence-electron chi connectivity index (χ1n) is 8.16. The van der Waals surface area contributed by atoms with E-state index in [4.69, 9.17) is 4.74 Å². The fourth-order valence-electron chi connectivity index (χ4n) is 3.16. The van der Waals surface area contributed by atoms with Gasteiger partial charge in [-0.3, -0.25) is 4.79 Å². The van der Waals surface area contributed by atoms with Crippen LogP contribution in [0, 0.1) is 0 Å². The monoisotopic (exact) mass is 317 g/mol. The maximum atomic E-state index is 12.0. The molecule has 1 aromatic rings. The van der Waals surface area contributed by atoms with E-state index in [2.05, 4.69) is 10.6 Å². The highest BCUT2D eigenvalue weighted by Gasteiger charge is 2.28. The number of fused-ring (bicyclic) bond motifs is 1. The van der Waals surface area contributed by atoms with Crippen LogP contribution in [-0.4, -0.2) is 31.1 Å². The Labute approximate surface area is 136 Å². The molecule has 1 saturated carbocycles. The number of hydrogen-bond acceptors (Lipinski definition) is 3. The molecule has 0 spiro atoms. The van der Waals surface area contributed by atoms with Gasteiger partial charge >= 0.3 is 6.03 Å². The van der Waals surface area contributed by atoms with Crippen LogP contribution in [0.2, 0.25) is 0 Å². The van der Waals surface area contributed by atoms with Gasteiger partial charge in [0, 0.05) is 19.6 Å². The number of urea groups is 1. The molecule has 2 N–H and O–H groups in total. The number of carbonyl (C=O) groups excluding carboxylic acids is 2. The summed E-state index contributed by atoms with van der Waals surface area (Å²) in [5.41, 5.74) is 1.67. The van der Waals surface area contributed by atoms with Gasteiger partial charge in [-0.1, -0.05) is 18.9 Å². The number of carbonyl (C=O) groups is 2. The summed E-state index contributed by atoms with van der Waals surface area (Å²) in [4.78, 5) is 25.5. The minimum atomic E-state index is -0.464. The molecule has 1 aliphatic carbocycles. The van der Waals surface area contributed by atoms with Crippen LogP contribution in [0.15, 0.2) is 18.2 Å². The zero-order chi connectivity index (χ0) is 16.4. The van der Waals surface area contributed by atoms with E-state index < -0.39 is 6.10 Å². The standard InChI is InChI=1S/C17H23N3O3/c1-11-16(21)20(2)14-9-12(7-8-15(14)23-11)10-18-17(22)19-13-5-3-4-6-13/h7-9,11,13H,3-6,10H2,1-2H3,(H2,18,19,22). The van der Waals surface area contributed by atoms with Gasteiger partial charge in [-0.15, -0.1) is 0 Å². The number of likely N-dealkylation sites (N-methyl/N-ethyl adjacent to an activating group) is 1. The quantitative estimate of drug-likeness (QED) is 0.897. The molecule has 1 aliphatic heterocycles. The van der Waals surface area contributed by atoms with E-state index in [-0.39, 0.29) is 11.9 Å². The molecule has 0 aromatic heterocycles. The third-order valence-electron chi connectivity index (χ3n) is 4.51. The van der Waals surface area contributed by atoms with Gasteiger partial charge < -0.3 is 20.3 Å². The van der Waals surface area contributed by atoms with Crippen molar-refractivity contribution >= 4 is 17.6 Å². The summed E-state index contributed by atoms with van der Waals surface area (Å²) in [5, 5.41) is 5.87. The molecule has 1 atom stereocenters. The minimum Gasteiger partial charge on any atom is -0.479 e. The Morgan fingerprint density at radius 2 is 2.09 bits per heavy atom. The van der Waals surface area contributed by atoms with Gasteiger partial charge in [0.15, 0.2) is 6.10 Å². The molecule has 0 saturated heterocycles. The first-order valence-corrected chi connectivity index (χ1v) is 8.16. The Hall–Kier alpha value is -2.24. The largest absolute Gasteiger partial charge is 0.479 e. The predicted octanol–water partition coefficient (Wildman–Crippen LogP) is 2.17. The van der Waals surface area contributed by atoms with Crippen molar-refractivity contribution in [1.82, 2.24) is 10.6 Å². The van der Waals surface area contributed by atoms with E-state index >= 15 is 0 Å². The molecule has 6 nitrogen and oxygen atoms in total. The number of ether oxygens (including phenoxy) is 1. The van der Waals surface area contributed by atoms with Crippen LogP contribution in [0.25, 0.3) is 0 Å². The lowest BCUT2D eigenvalue weighted by Gasteiger charge is -2.30. The SMILES string of the molecule is CC1Oc2ccc(CNC(=O)NC3CCCC3)cc2N(C)C1=O. The van der Waals surface area contributed by atoms with Gasteiger partial charge in [0.2, 0.25) is 0 Å². The van der Waals surface area contributed by atoms with E-state index in [9.17, 15) is 9.59 Å². The summed E-state index contributed by atoms with van der Waals surface area (Å²) < 4.78 is 5.59. The maximum absolute atomic E-state index is 12.0. The number of nitrogens with one attached hydrogen (secondary N) is 2. The lowest BCUT2D eigenvalue weighted by atomic mass is 10.1. The zero-order valence-electron chi connectivity index (χ0n) is 13.6. The molecule has 3 rings (SSSR count). The Morgan fingerprint density at radius 3 is 2.83 bits per heavy atom. The highest BCUT2D eigenvalue weighted by molar-refractivity contribution is 5.99. The number of anilines is 1. The van der Waals surface area contributed by atoms with Crippen LogP contribution in [0.3, 0.4) is 0 Å². The summed E-state index contributed by atoms with van der Waals surface area (Å²) >= 11 is 0. The van der Waals surface area contributed by atoms with Crippen molar-refractivity contribution in [2.75, 3.05) is 11.9 Å². The molecule has 23 heavy (non-hydrogen) atoms. The summed E-state index contributed by atoms with van der Waals surface area (Å²) in [6.07, 6.45) is 4.04. The van der Waals surface area contributed by atoms with Crippen LogP contribution in [-0.2, 0) is 11.3 Å². The molecule has 124 valence electrons. The van der Waals surface area contributed by atoms with Gasteiger partial charge in [-0.25, -0.2) is 4.79 Å². The molecular formula is C17H23N3O3. The van der Waals surface area contributed by atoms with E-state index in [1.54, 1.807) is 18.9 Å². The highest BCUT2D eigenvalue weighted by atomic mass is 16.5. The average molecular weight is 317 g/mol. The fraction of sp³-hybridized carbons (Fsp3) is 0.529. The Bertz CT molecular complexity index is 611. The van der Waals surface area contributed by atoms with Crippen LogP contribution in [0.4, 0.5) is 10.5 Å². The summed E-state index contributed by atoms with van der Waals surface area (Å²) in [6, 6.07) is 5.81. The molecule has 1 aromatic carbocycles. The second kappa shape index (κ2) is 6.48. The molecular weight excluding hydrogens is 294 g/mol. The van der Waals surface area contributed by atoms with Crippen molar-refractivity contribution in [2.45, 2.75) is 51.3 Å². The van der Waals surface area contributed by atoms with Gasteiger partial charge in [-0.05, 0) is 37.5 Å². The van der Waals surface area contributed by atoms with Gasteiger partial charge in [0.1, 0.15) is 5.75 Å². The van der Waals surface area contributed by atoms with Gasteiger partial charge in [0.25, 0.3) is 5.91 Å². The predicted molar refractivity (Wildman–Crippen MR) is 87.6 cm³/mol. The molecule has 1 fully saturated rings. The smallest absolute Gasteiger partial charge is 0.315 e. The van der Waals surface area contributed by atoms with Gasteiger partial charge in [0.05, 0.1) is 5.69 Å². The molecule has 1 unspecified atom stereocenters. The Kier molecular flexibility index (Phi) is 4.41. The molecule has 0 bridgehead atoms. The maximum Gasteiger partial charge on any atom is 0.315 e. The third kappa shape index (κ3) is 3.41. The molecule has 1 heterocycles. The number of amides is 3. The summed E-state index contributed by atoms with van der Waals surface area (Å²) in [5.74, 6) is 0.625. The van der Waals surface area contributed by atoms with Crippen LogP contribution >= 0.6 is 0 Å². The first kappa shape index (κ1) is 15.6. The first-order chi connectivity index (χ1) is 11.0. The Balaban J connectivity index is 1.61. The lowest BCUT2D eigenvalue weighted by Crippen LogP contribution is -2.42. The zero-order valence-corrected chi connectivity index (χ0v) is 13.6. The second-order valence-electron chi connectivity index (χ2n) is 6.27. The van der Waals surface area contributed by atoms with Crippen molar-refractivity contribution in [2.24, 2.45) is 0 Å². The Morgan fingerprint density at radius 1 is 1.35 bits per heavy atom. The number of benzene rings is 1. The summed E-state index contributed by atoms with van der Waals surface area (Å²) in [6.45, 7) is 2.16. The summed E-state index contributed by atoms with van der Waals surface area (Å²) in [7, 11) is 1.74. The van der Waals surface area contributed by atoms with Crippen LogP contribution in [0.1, 0.15) is 38.2 Å². The highest BCUT2D eigenvalue weighted by Crippen LogP contribution is 2.33. The molecule has 6 heteroatoms. The second-order valence-corrected chi connectivity index (χ2v) is 6.27. The van der Waals surface area contributed by atoms with Crippen molar-refractivity contribution in [3.8, 4) is 5.75 Å². The normalized spacial score (nSPS) is 20.9. The third-order valence-corrected chi connectivity index (χ3v) is 4.51. The number of rotatable bonds is 3. The minimum absolute atomic E-state index is 0.0680. The van der Waals surface area contributed by atoms with E-state index in [1.807, 2.05) is 18.2 Å².